The maximum Gasteiger partial charge on any atom is 0.443 e. The van der Waals surface area contributed by atoms with Crippen LogP contribution in [0.2, 0.25) is 0 Å². The Balaban J connectivity index is 0.000000810. The van der Waals surface area contributed by atoms with Gasteiger partial charge in [0.2, 0.25) is 0 Å². The van der Waals surface area contributed by atoms with E-state index in [4.69, 9.17) is 4.52 Å². The van der Waals surface area contributed by atoms with Crippen molar-refractivity contribution in [2.24, 2.45) is 0 Å². The normalized spacial score (nSPS) is 32.9. The van der Waals surface area contributed by atoms with Crippen LogP contribution in [0.25, 0.3) is 0 Å². The van der Waals surface area contributed by atoms with E-state index in [1.54, 1.807) is 0 Å². The predicted molar refractivity (Wildman–Crippen MR) is 30.6 cm³/mol. The van der Waals surface area contributed by atoms with E-state index in [0.717, 1.165) is 0 Å². The largest absolute Gasteiger partial charge is 0.464 e. The van der Waals surface area contributed by atoms with Crippen LogP contribution in [0, 0.1) is 6.61 Å². The number of hydrogen-bond acceptors (Lipinski definition) is 4. The molecule has 0 bridgehead atoms. The number of phosphoric ester groups is 1. The smallest absolute Gasteiger partial charge is 0.443 e. The Morgan fingerprint density at radius 2 is 2.40 bits per heavy atom. The van der Waals surface area contributed by atoms with Crippen molar-refractivity contribution in [1.29, 1.82) is 0 Å². The van der Waals surface area contributed by atoms with Crippen molar-refractivity contribution < 1.29 is 37.6 Å². The summed E-state index contributed by atoms with van der Waals surface area (Å²) in [5, 5.41) is 0. The predicted octanol–water partition coefficient (Wildman–Crippen LogP) is 1.34. The van der Waals surface area contributed by atoms with E-state index in [1.807, 2.05) is 0 Å². The number of rotatable bonds is 1. The van der Waals surface area contributed by atoms with E-state index in [2.05, 4.69) is 9.05 Å². The fraction of sp³-hybridized carbons (Fsp3) is 0.750. The van der Waals surface area contributed by atoms with Gasteiger partial charge in [0.15, 0.2) is 0 Å². The van der Waals surface area contributed by atoms with Gasteiger partial charge in [0.1, 0.15) is 0 Å². The van der Waals surface area contributed by atoms with Crippen LogP contribution >= 0.6 is 7.82 Å². The quantitative estimate of drug-likeness (QED) is 0.402. The summed E-state index contributed by atoms with van der Waals surface area (Å²) in [5.41, 5.74) is 0. The average Bonchev–Trinajstić information content (AvgIpc) is 1.90. The molecule has 1 radical (unpaired) electrons. The molecule has 0 aromatic carbocycles. The minimum Gasteiger partial charge on any atom is -0.464 e. The second-order valence-electron chi connectivity index (χ2n) is 1.52. The molecule has 1 aliphatic rings. The second-order valence-corrected chi connectivity index (χ2v) is 3.25. The molecule has 0 aromatic heterocycles. The van der Waals surface area contributed by atoms with Crippen molar-refractivity contribution in [1.82, 2.24) is 0 Å². The van der Waals surface area contributed by atoms with E-state index < -0.39 is 7.82 Å². The van der Waals surface area contributed by atoms with Gasteiger partial charge in [0, 0.05) is 33.2 Å². The summed E-state index contributed by atoms with van der Waals surface area (Å²) in [6.45, 7) is 1.85. The standard InChI is InChI=1S/C4H8O4P.Rh/c1-6-9(5)7-3-2-4-8-9;/h3H,2,4H2,1H3;/q-1;. The summed E-state index contributed by atoms with van der Waals surface area (Å²) in [7, 11) is -1.86. The van der Waals surface area contributed by atoms with Crippen LogP contribution in [0.5, 0.6) is 0 Å². The van der Waals surface area contributed by atoms with E-state index in [0.29, 0.717) is 13.0 Å². The Morgan fingerprint density at radius 1 is 1.70 bits per heavy atom. The van der Waals surface area contributed by atoms with Crippen molar-refractivity contribution in [3.8, 4) is 0 Å². The fourth-order valence-electron chi connectivity index (χ4n) is 0.483. The molecule has 1 saturated heterocycles. The molecule has 10 heavy (non-hydrogen) atoms. The third kappa shape index (κ3) is 2.77. The van der Waals surface area contributed by atoms with Gasteiger partial charge in [-0.1, -0.05) is 0 Å². The Morgan fingerprint density at radius 3 is 2.70 bits per heavy atom. The molecular formula is C4H8O4PRh-. The van der Waals surface area contributed by atoms with Crippen molar-refractivity contribution in [2.45, 2.75) is 6.42 Å². The molecule has 63 valence electrons. The van der Waals surface area contributed by atoms with Crippen LogP contribution in [-0.2, 0) is 37.6 Å². The van der Waals surface area contributed by atoms with Crippen LogP contribution in [0.4, 0.5) is 0 Å². The molecule has 1 aliphatic heterocycles. The van der Waals surface area contributed by atoms with Gasteiger partial charge in [-0.3, -0.25) is 9.05 Å². The first-order chi connectivity index (χ1) is 4.27. The van der Waals surface area contributed by atoms with Gasteiger partial charge in [0.25, 0.3) is 0 Å². The Hall–Kier alpha value is 0.733. The Labute approximate surface area is 72.6 Å². The molecule has 4 nitrogen and oxygen atoms in total. The van der Waals surface area contributed by atoms with Crippen molar-refractivity contribution >= 4 is 7.82 Å². The maximum atomic E-state index is 10.9. The van der Waals surface area contributed by atoms with E-state index in [1.165, 1.54) is 13.7 Å². The van der Waals surface area contributed by atoms with Gasteiger partial charge in [-0.05, 0) is 0 Å². The van der Waals surface area contributed by atoms with Gasteiger partial charge < -0.3 is 4.52 Å². The molecule has 1 fully saturated rings. The van der Waals surface area contributed by atoms with Gasteiger partial charge in [-0.15, -0.1) is 6.42 Å². The van der Waals surface area contributed by atoms with Gasteiger partial charge in [0.05, 0.1) is 0 Å². The Kier molecular flexibility index (Phi) is 4.91. The monoisotopic (exact) mass is 254 g/mol. The minimum absolute atomic E-state index is 0. The fourth-order valence-corrected chi connectivity index (χ4v) is 1.35. The third-order valence-corrected chi connectivity index (χ3v) is 2.27. The molecule has 1 unspecified atom stereocenters. The van der Waals surface area contributed by atoms with Crippen molar-refractivity contribution in [2.75, 3.05) is 13.7 Å². The molecule has 0 amide bonds. The number of phosphoric acid groups is 1. The van der Waals surface area contributed by atoms with Gasteiger partial charge in [-0.2, -0.15) is 6.61 Å². The molecule has 0 aromatic rings. The third-order valence-electron chi connectivity index (χ3n) is 0.912. The van der Waals surface area contributed by atoms with Crippen LogP contribution in [0.1, 0.15) is 6.42 Å². The zero-order valence-electron chi connectivity index (χ0n) is 5.41. The molecule has 0 aliphatic carbocycles. The maximum absolute atomic E-state index is 10.9. The molecule has 1 heterocycles. The first kappa shape index (κ1) is 10.7. The van der Waals surface area contributed by atoms with Crippen LogP contribution in [0.15, 0.2) is 0 Å². The van der Waals surface area contributed by atoms with Crippen molar-refractivity contribution in [3.05, 3.63) is 6.61 Å². The summed E-state index contributed by atoms with van der Waals surface area (Å²) in [4.78, 5) is 0. The summed E-state index contributed by atoms with van der Waals surface area (Å²) in [5.74, 6) is 0. The van der Waals surface area contributed by atoms with Gasteiger partial charge >= 0.3 is 7.82 Å². The molecule has 0 spiro atoms. The van der Waals surface area contributed by atoms with E-state index in [9.17, 15) is 4.57 Å². The minimum atomic E-state index is -3.15. The average molecular weight is 254 g/mol. The van der Waals surface area contributed by atoms with E-state index in [-0.39, 0.29) is 19.5 Å². The van der Waals surface area contributed by atoms with Gasteiger partial charge in [-0.25, -0.2) is 4.57 Å². The zero-order valence-corrected chi connectivity index (χ0v) is 7.94. The molecular weight excluding hydrogens is 246 g/mol. The summed E-state index contributed by atoms with van der Waals surface area (Å²) < 4.78 is 24.7. The Bertz CT molecular complexity index is 129. The molecule has 1 atom stereocenters. The van der Waals surface area contributed by atoms with Crippen molar-refractivity contribution in [3.63, 3.8) is 0 Å². The molecule has 0 saturated carbocycles. The summed E-state index contributed by atoms with van der Waals surface area (Å²) >= 11 is 0. The first-order valence-electron chi connectivity index (χ1n) is 2.57. The number of hydrogen-bond donors (Lipinski definition) is 0. The zero-order chi connectivity index (χ0) is 6.74. The first-order valence-corrected chi connectivity index (χ1v) is 4.03. The SMILES string of the molecule is COP1(=O)O[CH-]CCO1.[Rh]. The second kappa shape index (κ2) is 4.58. The summed E-state index contributed by atoms with van der Waals surface area (Å²) in [6, 6.07) is 0. The molecule has 6 heteroatoms. The van der Waals surface area contributed by atoms with Crippen LogP contribution in [0.3, 0.4) is 0 Å². The van der Waals surface area contributed by atoms with E-state index >= 15 is 0 Å². The van der Waals surface area contributed by atoms with Crippen LogP contribution in [-0.4, -0.2) is 13.7 Å². The topological polar surface area (TPSA) is 44.8 Å². The molecule has 1 rings (SSSR count). The summed E-state index contributed by atoms with van der Waals surface area (Å²) in [6.07, 6.45) is 0.660. The molecule has 0 N–H and O–H groups in total. The van der Waals surface area contributed by atoms with Crippen LogP contribution < -0.4 is 0 Å².